The molecule has 4 aromatic rings. The van der Waals surface area contributed by atoms with Crippen LogP contribution < -0.4 is 0 Å². The molecule has 0 aliphatic rings. The molecule has 0 unspecified atom stereocenters. The molecule has 1 heterocycles. The molecule has 0 radical (unpaired) electrons. The van der Waals surface area contributed by atoms with E-state index in [1.165, 1.54) is 22.3 Å². The fraction of sp³-hybridized carbons (Fsp3) is 0.0870. The summed E-state index contributed by atoms with van der Waals surface area (Å²) < 4.78 is 5.92. The van der Waals surface area contributed by atoms with Crippen LogP contribution in [0, 0.1) is 13.8 Å². The number of aldehydes is 1. The van der Waals surface area contributed by atoms with E-state index in [-0.39, 0.29) is 0 Å². The SMILES string of the molecule is Cc1ccc(-c2ccc(-c3cc4ccc(C=O)cc4o3)cc2)cc1C. The van der Waals surface area contributed by atoms with Gasteiger partial charge in [0.25, 0.3) is 0 Å². The minimum atomic E-state index is 0.624. The number of rotatable bonds is 3. The van der Waals surface area contributed by atoms with E-state index in [1.54, 1.807) is 12.1 Å². The third-order valence-electron chi connectivity index (χ3n) is 4.69. The van der Waals surface area contributed by atoms with Crippen LogP contribution in [0.25, 0.3) is 33.4 Å². The number of carbonyl (C=O) groups is 1. The van der Waals surface area contributed by atoms with Gasteiger partial charge in [-0.25, -0.2) is 0 Å². The van der Waals surface area contributed by atoms with Crippen LogP contribution in [-0.2, 0) is 0 Å². The topological polar surface area (TPSA) is 30.2 Å². The highest BCUT2D eigenvalue weighted by Gasteiger charge is 2.08. The Balaban J connectivity index is 1.69. The van der Waals surface area contributed by atoms with Crippen LogP contribution in [0.5, 0.6) is 0 Å². The van der Waals surface area contributed by atoms with E-state index < -0.39 is 0 Å². The highest BCUT2D eigenvalue weighted by atomic mass is 16.3. The number of fused-ring (bicyclic) bond motifs is 1. The Morgan fingerprint density at radius 1 is 0.720 bits per heavy atom. The molecule has 0 atom stereocenters. The summed E-state index contributed by atoms with van der Waals surface area (Å²) in [7, 11) is 0. The van der Waals surface area contributed by atoms with Gasteiger partial charge in [-0.05, 0) is 48.2 Å². The van der Waals surface area contributed by atoms with Crippen LogP contribution in [0.3, 0.4) is 0 Å². The fourth-order valence-electron chi connectivity index (χ4n) is 3.01. The Kier molecular flexibility index (Phi) is 3.73. The average molecular weight is 326 g/mol. The van der Waals surface area contributed by atoms with Crippen LogP contribution in [0.4, 0.5) is 0 Å². The second-order valence-corrected chi connectivity index (χ2v) is 6.40. The van der Waals surface area contributed by atoms with Gasteiger partial charge in [0.15, 0.2) is 0 Å². The van der Waals surface area contributed by atoms with Crippen LogP contribution in [0.15, 0.2) is 71.1 Å². The standard InChI is InChI=1S/C23H18O2/c1-15-3-5-20(11-16(15)2)18-7-9-19(10-8-18)23-13-21-6-4-17(14-24)12-22(21)25-23/h3-14H,1-2H3. The first-order chi connectivity index (χ1) is 12.1. The maximum atomic E-state index is 10.9. The third-order valence-corrected chi connectivity index (χ3v) is 4.69. The largest absolute Gasteiger partial charge is 0.456 e. The van der Waals surface area contributed by atoms with Crippen molar-refractivity contribution >= 4 is 17.3 Å². The minimum absolute atomic E-state index is 0.624. The van der Waals surface area contributed by atoms with Crippen LogP contribution in [0.2, 0.25) is 0 Å². The van der Waals surface area contributed by atoms with Crippen molar-refractivity contribution in [3.05, 3.63) is 83.4 Å². The summed E-state index contributed by atoms with van der Waals surface area (Å²) in [5, 5.41) is 0.999. The normalized spacial score (nSPS) is 11.0. The first kappa shape index (κ1) is 15.4. The molecule has 0 aliphatic carbocycles. The zero-order valence-electron chi connectivity index (χ0n) is 14.2. The highest BCUT2D eigenvalue weighted by molar-refractivity contribution is 5.88. The van der Waals surface area contributed by atoms with E-state index in [0.29, 0.717) is 5.56 Å². The van der Waals surface area contributed by atoms with Crippen molar-refractivity contribution in [1.29, 1.82) is 0 Å². The lowest BCUT2D eigenvalue weighted by Gasteiger charge is -2.06. The minimum Gasteiger partial charge on any atom is -0.456 e. The highest BCUT2D eigenvalue weighted by Crippen LogP contribution is 2.30. The maximum absolute atomic E-state index is 10.9. The summed E-state index contributed by atoms with van der Waals surface area (Å²) in [6.07, 6.45) is 0.833. The molecule has 0 saturated carbocycles. The summed E-state index contributed by atoms with van der Waals surface area (Å²) >= 11 is 0. The molecule has 25 heavy (non-hydrogen) atoms. The van der Waals surface area contributed by atoms with Gasteiger partial charge >= 0.3 is 0 Å². The Labute approximate surface area is 146 Å². The van der Waals surface area contributed by atoms with Gasteiger partial charge in [0, 0.05) is 16.5 Å². The third kappa shape index (κ3) is 2.87. The lowest BCUT2D eigenvalue weighted by atomic mass is 9.99. The number of carbonyl (C=O) groups excluding carboxylic acids is 1. The van der Waals surface area contributed by atoms with Gasteiger partial charge in [-0.2, -0.15) is 0 Å². The van der Waals surface area contributed by atoms with Gasteiger partial charge in [-0.3, -0.25) is 4.79 Å². The second kappa shape index (κ2) is 6.06. The second-order valence-electron chi connectivity index (χ2n) is 6.40. The van der Waals surface area contributed by atoms with Gasteiger partial charge in [0.1, 0.15) is 17.6 Å². The zero-order chi connectivity index (χ0) is 17.4. The summed E-state index contributed by atoms with van der Waals surface area (Å²) in [5.74, 6) is 0.810. The van der Waals surface area contributed by atoms with Crippen LogP contribution in [-0.4, -0.2) is 6.29 Å². The summed E-state index contributed by atoms with van der Waals surface area (Å²) in [4.78, 5) is 10.9. The van der Waals surface area contributed by atoms with Gasteiger partial charge in [-0.1, -0.05) is 54.6 Å². The van der Waals surface area contributed by atoms with Crippen LogP contribution in [0.1, 0.15) is 21.5 Å². The molecule has 0 bridgehead atoms. The summed E-state index contributed by atoms with van der Waals surface area (Å²) in [6, 6.07) is 22.4. The van der Waals surface area contributed by atoms with Gasteiger partial charge in [-0.15, -0.1) is 0 Å². The predicted octanol–water partition coefficient (Wildman–Crippen LogP) is 6.20. The van der Waals surface area contributed by atoms with Crippen molar-refractivity contribution in [3.63, 3.8) is 0 Å². The van der Waals surface area contributed by atoms with Crippen molar-refractivity contribution in [2.24, 2.45) is 0 Å². The van der Waals surface area contributed by atoms with Crippen molar-refractivity contribution in [3.8, 4) is 22.5 Å². The van der Waals surface area contributed by atoms with Crippen LogP contribution >= 0.6 is 0 Å². The van der Waals surface area contributed by atoms with Gasteiger partial charge < -0.3 is 4.42 Å². The molecule has 3 aromatic carbocycles. The predicted molar refractivity (Wildman–Crippen MR) is 102 cm³/mol. The molecular weight excluding hydrogens is 308 g/mol. The van der Waals surface area contributed by atoms with E-state index in [9.17, 15) is 4.79 Å². The zero-order valence-corrected chi connectivity index (χ0v) is 14.2. The molecule has 0 N–H and O–H groups in total. The molecule has 4 rings (SSSR count). The van der Waals surface area contributed by atoms with E-state index in [1.807, 2.05) is 12.1 Å². The monoisotopic (exact) mass is 326 g/mol. The molecular formula is C23H18O2. The molecule has 1 aromatic heterocycles. The molecule has 0 aliphatic heterocycles. The number of hydrogen-bond acceptors (Lipinski definition) is 2. The smallest absolute Gasteiger partial charge is 0.150 e. The first-order valence-corrected chi connectivity index (χ1v) is 8.31. The van der Waals surface area contributed by atoms with E-state index in [2.05, 4.69) is 56.3 Å². The van der Waals surface area contributed by atoms with Crippen molar-refractivity contribution in [2.75, 3.05) is 0 Å². The van der Waals surface area contributed by atoms with E-state index in [0.717, 1.165) is 28.6 Å². The number of benzene rings is 3. The number of furan rings is 1. The maximum Gasteiger partial charge on any atom is 0.150 e. The molecule has 2 nitrogen and oxygen atoms in total. The molecule has 0 amide bonds. The van der Waals surface area contributed by atoms with E-state index in [4.69, 9.17) is 4.42 Å². The number of aryl methyl sites for hydroxylation is 2. The Hall–Kier alpha value is -3.13. The van der Waals surface area contributed by atoms with Gasteiger partial charge in [0.05, 0.1) is 0 Å². The van der Waals surface area contributed by atoms with Crippen molar-refractivity contribution < 1.29 is 9.21 Å². The summed E-state index contributed by atoms with van der Waals surface area (Å²) in [5.41, 5.74) is 7.39. The Morgan fingerprint density at radius 2 is 1.44 bits per heavy atom. The Morgan fingerprint density at radius 3 is 2.16 bits per heavy atom. The van der Waals surface area contributed by atoms with Crippen molar-refractivity contribution in [1.82, 2.24) is 0 Å². The molecule has 0 spiro atoms. The average Bonchev–Trinajstić information content (AvgIpc) is 3.07. The first-order valence-electron chi connectivity index (χ1n) is 8.31. The summed E-state index contributed by atoms with van der Waals surface area (Å²) in [6.45, 7) is 4.26. The van der Waals surface area contributed by atoms with Gasteiger partial charge in [0.2, 0.25) is 0 Å². The molecule has 2 heteroatoms. The molecule has 0 saturated heterocycles. The molecule has 122 valence electrons. The van der Waals surface area contributed by atoms with Crippen molar-refractivity contribution in [2.45, 2.75) is 13.8 Å². The van der Waals surface area contributed by atoms with E-state index >= 15 is 0 Å². The number of hydrogen-bond donors (Lipinski definition) is 0. The Bertz CT molecular complexity index is 1070. The lowest BCUT2D eigenvalue weighted by Crippen LogP contribution is -1.83. The molecule has 0 fully saturated rings. The quantitative estimate of drug-likeness (QED) is 0.420. The lowest BCUT2D eigenvalue weighted by molar-refractivity contribution is 0.112. The fourth-order valence-corrected chi connectivity index (χ4v) is 3.01.